The minimum atomic E-state index is 0.461. The summed E-state index contributed by atoms with van der Waals surface area (Å²) in [6.45, 7) is 0.922. The van der Waals surface area contributed by atoms with Crippen molar-refractivity contribution in [1.82, 2.24) is 0 Å². The number of benzene rings is 8. The van der Waals surface area contributed by atoms with Crippen molar-refractivity contribution >= 4 is 33.7 Å². The molecule has 8 aromatic rings. The number of ether oxygens (including phenoxy) is 2. The molecule has 8 bridgehead atoms. The quantitative estimate of drug-likeness (QED) is 0.160. The van der Waals surface area contributed by atoms with Gasteiger partial charge in [0.1, 0.15) is 24.7 Å². The molecule has 6 aliphatic rings. The SMILES string of the molecule is C1=C\c2ccc(cc2)Cc2ccc(cc2)COc2ccc3ccccc3c2-c2c(ccc3ccccc23)OCc2ccc(cc2)Cc2ccc/1cc2. The first-order valence-electron chi connectivity index (χ1n) is 18.0. The minimum absolute atomic E-state index is 0.461. The number of fused-ring (bicyclic) bond motifs is 4. The van der Waals surface area contributed by atoms with Gasteiger partial charge in [0.05, 0.1) is 0 Å². The van der Waals surface area contributed by atoms with Crippen LogP contribution in [0.3, 0.4) is 0 Å². The second kappa shape index (κ2) is 14.1. The van der Waals surface area contributed by atoms with Gasteiger partial charge in [0.15, 0.2) is 0 Å². The van der Waals surface area contributed by atoms with Gasteiger partial charge in [0, 0.05) is 11.1 Å². The van der Waals surface area contributed by atoms with Crippen LogP contribution in [0.2, 0.25) is 0 Å². The van der Waals surface area contributed by atoms with Crippen molar-refractivity contribution in [3.63, 3.8) is 0 Å². The van der Waals surface area contributed by atoms with Crippen LogP contribution in [-0.2, 0) is 26.1 Å². The number of rotatable bonds is 0. The van der Waals surface area contributed by atoms with E-state index in [1.807, 2.05) is 0 Å². The normalized spacial score (nSPS) is 13.5. The van der Waals surface area contributed by atoms with Gasteiger partial charge in [0.25, 0.3) is 0 Å². The van der Waals surface area contributed by atoms with Crippen molar-refractivity contribution in [3.05, 3.63) is 214 Å². The molecular weight excluding hydrogens is 633 g/mol. The first-order chi connectivity index (χ1) is 25.7. The average molecular weight is 671 g/mol. The predicted octanol–water partition coefficient (Wildman–Crippen LogP) is 12.5. The molecular formula is C50H38O2. The lowest BCUT2D eigenvalue weighted by atomic mass is 9.92. The molecule has 52 heavy (non-hydrogen) atoms. The summed E-state index contributed by atoms with van der Waals surface area (Å²) < 4.78 is 13.5. The maximum atomic E-state index is 6.74. The van der Waals surface area contributed by atoms with E-state index in [-0.39, 0.29) is 0 Å². The Labute approximate surface area is 305 Å². The molecule has 0 unspecified atom stereocenters. The molecule has 0 saturated carbocycles. The van der Waals surface area contributed by atoms with E-state index in [4.69, 9.17) is 9.47 Å². The van der Waals surface area contributed by atoms with Crippen molar-refractivity contribution in [2.75, 3.05) is 0 Å². The molecule has 0 atom stereocenters. The number of hydrogen-bond acceptors (Lipinski definition) is 2. The van der Waals surface area contributed by atoms with E-state index in [1.54, 1.807) is 0 Å². The summed E-state index contributed by atoms with van der Waals surface area (Å²) in [5, 5.41) is 4.59. The minimum Gasteiger partial charge on any atom is -0.488 e. The first kappa shape index (κ1) is 31.6. The highest BCUT2D eigenvalue weighted by atomic mass is 16.5. The van der Waals surface area contributed by atoms with Gasteiger partial charge >= 0.3 is 0 Å². The summed E-state index contributed by atoms with van der Waals surface area (Å²) in [6.07, 6.45) is 6.14. The van der Waals surface area contributed by atoms with Gasteiger partial charge in [0.2, 0.25) is 0 Å². The van der Waals surface area contributed by atoms with Crippen LogP contribution in [0.5, 0.6) is 11.5 Å². The Hall–Kier alpha value is -6.38. The lowest BCUT2D eigenvalue weighted by molar-refractivity contribution is 0.303. The van der Waals surface area contributed by atoms with E-state index in [9.17, 15) is 0 Å². The topological polar surface area (TPSA) is 18.5 Å². The molecule has 8 aromatic carbocycles. The zero-order valence-electron chi connectivity index (χ0n) is 29.0. The summed E-state index contributed by atoms with van der Waals surface area (Å²) in [4.78, 5) is 0. The molecule has 0 amide bonds. The molecule has 0 aromatic heterocycles. The second-order valence-corrected chi connectivity index (χ2v) is 13.7. The van der Waals surface area contributed by atoms with E-state index in [1.165, 1.54) is 33.4 Å². The van der Waals surface area contributed by atoms with Crippen LogP contribution < -0.4 is 9.47 Å². The van der Waals surface area contributed by atoms with Crippen LogP contribution in [0.4, 0.5) is 0 Å². The smallest absolute Gasteiger partial charge is 0.128 e. The third-order valence-corrected chi connectivity index (χ3v) is 10.1. The van der Waals surface area contributed by atoms with E-state index in [0.717, 1.165) is 68.1 Å². The van der Waals surface area contributed by atoms with Crippen LogP contribution in [0.25, 0.3) is 44.8 Å². The number of hydrogen-bond donors (Lipinski definition) is 0. The molecule has 0 radical (unpaired) electrons. The van der Waals surface area contributed by atoms with Crippen molar-refractivity contribution in [2.24, 2.45) is 0 Å². The summed E-state index contributed by atoms with van der Waals surface area (Å²) in [7, 11) is 0. The Morgan fingerprint density at radius 3 is 1.06 bits per heavy atom. The second-order valence-electron chi connectivity index (χ2n) is 13.7. The standard InChI is InChI=1S/C50H38O2/c1-3-7-45-43(5-1)27-29-47-49(45)50-46-8-4-2-6-44(46)28-30-48(50)52-34-42-25-21-40(22-26-42)32-38-17-13-36(14-18-38)10-9-35-11-15-37(16-12-35)31-39-19-23-41(24-20-39)33-51-47/h1-30H,31-34H2/b10-9-. The fraction of sp³-hybridized carbons (Fsp3) is 0.0800. The van der Waals surface area contributed by atoms with Gasteiger partial charge in [-0.15, -0.1) is 0 Å². The molecule has 6 heterocycles. The highest BCUT2D eigenvalue weighted by Crippen LogP contribution is 2.46. The van der Waals surface area contributed by atoms with Crippen molar-refractivity contribution in [1.29, 1.82) is 0 Å². The lowest BCUT2D eigenvalue weighted by Crippen LogP contribution is -2.01. The molecule has 2 heteroatoms. The summed E-state index contributed by atoms with van der Waals surface area (Å²) in [5.74, 6) is 1.67. The van der Waals surface area contributed by atoms with Gasteiger partial charge in [-0.25, -0.2) is 0 Å². The van der Waals surface area contributed by atoms with Gasteiger partial charge in [-0.3, -0.25) is 0 Å². The van der Waals surface area contributed by atoms with Crippen LogP contribution in [-0.4, -0.2) is 0 Å². The van der Waals surface area contributed by atoms with Crippen molar-refractivity contribution in [2.45, 2.75) is 26.1 Å². The molecule has 0 saturated heterocycles. The third kappa shape index (κ3) is 6.72. The Morgan fingerprint density at radius 1 is 0.308 bits per heavy atom. The third-order valence-electron chi connectivity index (χ3n) is 10.1. The summed E-state index contributed by atoms with van der Waals surface area (Å²) in [6, 6.07) is 61.0. The maximum absolute atomic E-state index is 6.74. The fourth-order valence-electron chi connectivity index (χ4n) is 7.25. The Kier molecular flexibility index (Phi) is 8.56. The highest BCUT2D eigenvalue weighted by Gasteiger charge is 2.19. The molecule has 2 nitrogen and oxygen atoms in total. The first-order valence-corrected chi connectivity index (χ1v) is 18.0. The predicted molar refractivity (Wildman–Crippen MR) is 216 cm³/mol. The van der Waals surface area contributed by atoms with Crippen LogP contribution in [0, 0.1) is 0 Å². The van der Waals surface area contributed by atoms with Gasteiger partial charge in [-0.1, -0.05) is 170 Å². The molecule has 250 valence electrons. The van der Waals surface area contributed by atoms with E-state index in [2.05, 4.69) is 182 Å². The Bertz CT molecular complexity index is 2340. The Balaban J connectivity index is 1.13. The molecule has 14 rings (SSSR count). The van der Waals surface area contributed by atoms with Gasteiger partial charge in [-0.2, -0.15) is 0 Å². The summed E-state index contributed by atoms with van der Waals surface area (Å²) in [5.41, 5.74) is 11.9. The van der Waals surface area contributed by atoms with Gasteiger partial charge < -0.3 is 9.47 Å². The zero-order chi connectivity index (χ0) is 34.7. The lowest BCUT2D eigenvalue weighted by Gasteiger charge is -2.20. The molecule has 0 fully saturated rings. The van der Waals surface area contributed by atoms with E-state index < -0.39 is 0 Å². The largest absolute Gasteiger partial charge is 0.488 e. The highest BCUT2D eigenvalue weighted by molar-refractivity contribution is 6.09. The molecule has 6 aliphatic heterocycles. The molecule has 0 aliphatic carbocycles. The maximum Gasteiger partial charge on any atom is 0.128 e. The van der Waals surface area contributed by atoms with Gasteiger partial charge in [-0.05, 0) is 91.0 Å². The fourth-order valence-corrected chi connectivity index (χ4v) is 7.25. The van der Waals surface area contributed by atoms with E-state index >= 15 is 0 Å². The zero-order valence-corrected chi connectivity index (χ0v) is 29.0. The molecule has 0 N–H and O–H groups in total. The average Bonchev–Trinajstić information content (AvgIpc) is 3.20. The van der Waals surface area contributed by atoms with Crippen molar-refractivity contribution < 1.29 is 9.47 Å². The van der Waals surface area contributed by atoms with Crippen molar-refractivity contribution in [3.8, 4) is 22.6 Å². The Morgan fingerprint density at radius 2 is 0.654 bits per heavy atom. The molecule has 0 spiro atoms. The monoisotopic (exact) mass is 670 g/mol. The summed E-state index contributed by atoms with van der Waals surface area (Å²) >= 11 is 0. The van der Waals surface area contributed by atoms with E-state index in [0.29, 0.717) is 13.2 Å². The van der Waals surface area contributed by atoms with Crippen LogP contribution in [0.15, 0.2) is 170 Å². The van der Waals surface area contributed by atoms with Crippen LogP contribution >= 0.6 is 0 Å². The van der Waals surface area contributed by atoms with Crippen LogP contribution in [0.1, 0.15) is 44.5 Å².